The van der Waals surface area contributed by atoms with Crippen molar-refractivity contribution >= 4 is 40.1 Å². The highest BCUT2D eigenvalue weighted by atomic mass is 32.1. The van der Waals surface area contributed by atoms with E-state index in [0.29, 0.717) is 11.4 Å². The first-order chi connectivity index (χ1) is 11.2. The van der Waals surface area contributed by atoms with Gasteiger partial charge in [-0.1, -0.05) is 5.16 Å². The van der Waals surface area contributed by atoms with Gasteiger partial charge in [-0.3, -0.25) is 4.79 Å². The summed E-state index contributed by atoms with van der Waals surface area (Å²) in [5.74, 6) is -1.53. The largest absolute Gasteiger partial charge is 0.464 e. The predicted octanol–water partition coefficient (Wildman–Crippen LogP) is 2.61. The first-order valence-corrected chi connectivity index (χ1v) is 7.53. The van der Waals surface area contributed by atoms with E-state index in [2.05, 4.69) is 9.99 Å². The average Bonchev–Trinajstić information content (AvgIpc) is 3.06. The van der Waals surface area contributed by atoms with E-state index in [-0.39, 0.29) is 6.61 Å². The molecule has 0 unspecified atom stereocenters. The van der Waals surface area contributed by atoms with Crippen LogP contribution in [0.1, 0.15) is 11.8 Å². The lowest BCUT2D eigenvalue weighted by atomic mass is 10.1. The van der Waals surface area contributed by atoms with E-state index in [1.165, 1.54) is 18.3 Å². The Morgan fingerprint density at radius 1 is 1.46 bits per heavy atom. The van der Waals surface area contributed by atoms with Crippen LogP contribution in [0.4, 0.5) is 18.2 Å². The van der Waals surface area contributed by atoms with Crippen LogP contribution in [0.25, 0.3) is 6.08 Å². The van der Waals surface area contributed by atoms with Crippen molar-refractivity contribution in [3.63, 3.8) is 0 Å². The lowest BCUT2D eigenvalue weighted by Gasteiger charge is -2.16. The Morgan fingerprint density at radius 2 is 2.17 bits per heavy atom. The minimum absolute atomic E-state index is 0.192. The van der Waals surface area contributed by atoms with Gasteiger partial charge in [-0.05, 0) is 18.2 Å². The molecule has 10 heteroatoms. The van der Waals surface area contributed by atoms with Crippen LogP contribution in [0.5, 0.6) is 0 Å². The van der Waals surface area contributed by atoms with Gasteiger partial charge in [0.2, 0.25) is 0 Å². The third-order valence-electron chi connectivity index (χ3n) is 2.97. The summed E-state index contributed by atoms with van der Waals surface area (Å²) < 4.78 is 43.1. The van der Waals surface area contributed by atoms with Gasteiger partial charge in [0, 0.05) is 18.8 Å². The van der Waals surface area contributed by atoms with E-state index >= 15 is 0 Å². The molecule has 0 aliphatic carbocycles. The molecule has 1 aliphatic rings. The molecule has 0 spiro atoms. The molecule has 1 aromatic rings. The van der Waals surface area contributed by atoms with Gasteiger partial charge < -0.3 is 14.5 Å². The monoisotopic (exact) mass is 362 g/mol. The van der Waals surface area contributed by atoms with Crippen LogP contribution in [0.2, 0.25) is 0 Å². The fourth-order valence-electron chi connectivity index (χ4n) is 1.82. The number of rotatable bonds is 5. The van der Waals surface area contributed by atoms with Crippen molar-refractivity contribution < 1.29 is 32.3 Å². The molecule has 0 fully saturated rings. The van der Waals surface area contributed by atoms with Gasteiger partial charge >= 0.3 is 18.1 Å². The molecule has 0 saturated carbocycles. The summed E-state index contributed by atoms with van der Waals surface area (Å²) in [5, 5.41) is 3.53. The number of ether oxygens (including phenoxy) is 1. The third-order valence-corrected chi connectivity index (χ3v) is 4.12. The summed E-state index contributed by atoms with van der Waals surface area (Å²) in [5.41, 5.74) is -1.97. The molecule has 6 nitrogen and oxygen atoms in total. The second-order valence-corrected chi connectivity index (χ2v) is 5.91. The SMILES string of the molecule is CC(=O)OCCN(C)c1ccc(/C=C2\C(=O)ON=C2C(F)(F)F)s1. The summed E-state index contributed by atoms with van der Waals surface area (Å²) >= 11 is 1.18. The molecule has 1 aliphatic heterocycles. The Hall–Kier alpha value is -2.36. The van der Waals surface area contributed by atoms with Crippen LogP contribution in [-0.2, 0) is 19.2 Å². The number of oxime groups is 1. The molecule has 24 heavy (non-hydrogen) atoms. The molecule has 1 aromatic heterocycles. The van der Waals surface area contributed by atoms with E-state index in [4.69, 9.17) is 4.74 Å². The number of anilines is 1. The molecule has 0 N–H and O–H groups in total. The van der Waals surface area contributed by atoms with Gasteiger partial charge in [-0.15, -0.1) is 11.3 Å². The normalized spacial score (nSPS) is 16.1. The molecule has 130 valence electrons. The average molecular weight is 362 g/mol. The standard InChI is InChI=1S/C14H13F3N2O4S/c1-8(20)22-6-5-19(2)11-4-3-9(24-11)7-10-12(14(15,16)17)18-23-13(10)21/h3-4,7H,5-6H2,1-2H3/b10-7-. The Balaban J connectivity index is 2.11. The molecule has 0 amide bonds. The number of halogens is 3. The highest BCUT2D eigenvalue weighted by Crippen LogP contribution is 2.31. The van der Waals surface area contributed by atoms with Crippen LogP contribution in [0, 0.1) is 0 Å². The zero-order valence-electron chi connectivity index (χ0n) is 12.7. The van der Waals surface area contributed by atoms with E-state index in [1.807, 2.05) is 0 Å². The maximum Gasteiger partial charge on any atom is 0.437 e. The summed E-state index contributed by atoms with van der Waals surface area (Å²) in [6.45, 7) is 1.92. The van der Waals surface area contributed by atoms with Gasteiger partial charge in [0.25, 0.3) is 0 Å². The van der Waals surface area contributed by atoms with Crippen LogP contribution >= 0.6 is 11.3 Å². The van der Waals surface area contributed by atoms with Crippen molar-refractivity contribution in [2.24, 2.45) is 5.16 Å². The highest BCUT2D eigenvalue weighted by Gasteiger charge is 2.45. The highest BCUT2D eigenvalue weighted by molar-refractivity contribution is 7.17. The molecule has 0 atom stereocenters. The minimum atomic E-state index is -4.76. The Kier molecular flexibility index (Phi) is 5.27. The number of nitrogens with zero attached hydrogens (tertiary/aromatic N) is 2. The first kappa shape index (κ1) is 18.0. The Bertz CT molecular complexity index is 709. The molecule has 0 aromatic carbocycles. The topological polar surface area (TPSA) is 68.2 Å². The van der Waals surface area contributed by atoms with E-state index in [1.54, 1.807) is 24.1 Å². The molecule has 0 bridgehead atoms. The number of carbonyl (C=O) groups excluding carboxylic acids is 2. The van der Waals surface area contributed by atoms with Crippen LogP contribution < -0.4 is 4.90 Å². The quantitative estimate of drug-likeness (QED) is 0.458. The van der Waals surface area contributed by atoms with Gasteiger partial charge in [-0.25, -0.2) is 4.79 Å². The second-order valence-electron chi connectivity index (χ2n) is 4.81. The molecular formula is C14H13F3N2O4S. The number of thiophene rings is 1. The molecule has 2 heterocycles. The van der Waals surface area contributed by atoms with Crippen LogP contribution in [-0.4, -0.2) is 44.0 Å². The predicted molar refractivity (Wildman–Crippen MR) is 81.8 cm³/mol. The molecule has 2 rings (SSSR count). The second kappa shape index (κ2) is 7.04. The summed E-state index contributed by atoms with van der Waals surface area (Å²) in [6.07, 6.45) is -3.67. The zero-order chi connectivity index (χ0) is 17.9. The van der Waals surface area contributed by atoms with Crippen molar-refractivity contribution in [1.29, 1.82) is 0 Å². The maximum absolute atomic E-state index is 12.8. The number of alkyl halides is 3. The lowest BCUT2D eigenvalue weighted by molar-refractivity contribution is -0.140. The van der Waals surface area contributed by atoms with Gasteiger partial charge in [-0.2, -0.15) is 13.2 Å². The smallest absolute Gasteiger partial charge is 0.437 e. The minimum Gasteiger partial charge on any atom is -0.464 e. The number of carbonyl (C=O) groups is 2. The van der Waals surface area contributed by atoms with Crippen molar-refractivity contribution in [1.82, 2.24) is 0 Å². The van der Waals surface area contributed by atoms with Crippen LogP contribution in [0.3, 0.4) is 0 Å². The molecule has 0 radical (unpaired) electrons. The molecule has 0 saturated heterocycles. The Morgan fingerprint density at radius 3 is 2.79 bits per heavy atom. The summed E-state index contributed by atoms with van der Waals surface area (Å²) in [7, 11) is 1.75. The third kappa shape index (κ3) is 4.34. The van der Waals surface area contributed by atoms with E-state index in [9.17, 15) is 22.8 Å². The van der Waals surface area contributed by atoms with Crippen molar-refractivity contribution in [2.45, 2.75) is 13.1 Å². The van der Waals surface area contributed by atoms with E-state index < -0.39 is 29.4 Å². The zero-order valence-corrected chi connectivity index (χ0v) is 13.5. The van der Waals surface area contributed by atoms with Gasteiger partial charge in [0.1, 0.15) is 6.61 Å². The fourth-order valence-corrected chi connectivity index (χ4v) is 2.76. The molecular weight excluding hydrogens is 349 g/mol. The maximum atomic E-state index is 12.8. The van der Waals surface area contributed by atoms with Crippen molar-refractivity contribution in [2.75, 3.05) is 25.1 Å². The van der Waals surface area contributed by atoms with Crippen molar-refractivity contribution in [3.8, 4) is 0 Å². The van der Waals surface area contributed by atoms with Gasteiger partial charge in [0.05, 0.1) is 17.1 Å². The van der Waals surface area contributed by atoms with E-state index in [0.717, 1.165) is 11.1 Å². The lowest BCUT2D eigenvalue weighted by Crippen LogP contribution is -2.24. The first-order valence-electron chi connectivity index (χ1n) is 6.71. The van der Waals surface area contributed by atoms with Crippen LogP contribution in [0.15, 0.2) is 22.9 Å². The van der Waals surface area contributed by atoms with Crippen molar-refractivity contribution in [3.05, 3.63) is 22.6 Å². The van der Waals surface area contributed by atoms with Gasteiger partial charge in [0.15, 0.2) is 5.71 Å². The number of esters is 1. The fraction of sp³-hybridized carbons (Fsp3) is 0.357. The number of likely N-dealkylation sites (N-methyl/N-ethyl adjacent to an activating group) is 1. The number of hydrogen-bond donors (Lipinski definition) is 0. The summed E-state index contributed by atoms with van der Waals surface area (Å²) in [6, 6.07) is 3.27. The number of hydrogen-bond acceptors (Lipinski definition) is 7. The summed E-state index contributed by atoms with van der Waals surface area (Å²) in [4.78, 5) is 28.5. The Labute approximate surface area is 139 Å².